The van der Waals surface area contributed by atoms with E-state index in [4.69, 9.17) is 8.83 Å². The Morgan fingerprint density at radius 2 is 1.74 bits per heavy atom. The van der Waals surface area contributed by atoms with Gasteiger partial charge in [0.25, 0.3) is 5.91 Å². The first kappa shape index (κ1) is 28.1. The number of oxazole rings is 1. The number of aromatic nitrogens is 2. The summed E-state index contributed by atoms with van der Waals surface area (Å²) in [6.45, 7) is -0.662. The number of benzene rings is 3. The van der Waals surface area contributed by atoms with Crippen LogP contribution in [0.4, 0.5) is 10.1 Å². The van der Waals surface area contributed by atoms with Crippen LogP contribution >= 0.6 is 0 Å². The molecule has 43 heavy (non-hydrogen) atoms. The summed E-state index contributed by atoms with van der Waals surface area (Å²) in [4.78, 5) is 21.9. The minimum Gasteiger partial charge on any atom is -0.455 e. The van der Waals surface area contributed by atoms with Crippen LogP contribution in [0.15, 0.2) is 87.8 Å². The fraction of sp³-hybridized carbons (Fsp3) is 0.129. The molecule has 0 aliphatic heterocycles. The second-order valence-electron chi connectivity index (χ2n) is 9.74. The van der Waals surface area contributed by atoms with Crippen molar-refractivity contribution in [3.63, 3.8) is 0 Å². The Bertz CT molecular complexity index is 2070. The zero-order valence-electron chi connectivity index (χ0n) is 23.0. The highest BCUT2D eigenvalue weighted by molar-refractivity contribution is 7.92. The third-order valence-electron chi connectivity index (χ3n) is 6.92. The van der Waals surface area contributed by atoms with Gasteiger partial charge in [-0.1, -0.05) is 12.1 Å². The fourth-order valence-corrected chi connectivity index (χ4v) is 5.91. The molecule has 0 unspecified atom stereocenters. The average Bonchev–Trinajstić information content (AvgIpc) is 3.60. The van der Waals surface area contributed by atoms with Crippen LogP contribution in [0.5, 0.6) is 0 Å². The molecule has 0 fully saturated rings. The number of rotatable bonds is 8. The van der Waals surface area contributed by atoms with Crippen molar-refractivity contribution in [1.29, 1.82) is 0 Å². The maximum Gasteiger partial charge on any atom is 0.255 e. The molecule has 3 aromatic heterocycles. The van der Waals surface area contributed by atoms with Gasteiger partial charge in [-0.25, -0.2) is 17.8 Å². The van der Waals surface area contributed by atoms with E-state index in [1.54, 1.807) is 48.7 Å². The van der Waals surface area contributed by atoms with Crippen LogP contribution in [0.2, 0.25) is 0 Å². The van der Waals surface area contributed by atoms with Gasteiger partial charge >= 0.3 is 0 Å². The highest BCUT2D eigenvalue weighted by Crippen LogP contribution is 2.42. The number of fused-ring (bicyclic) bond motifs is 2. The molecular weight excluding hydrogens is 575 g/mol. The second-order valence-corrected chi connectivity index (χ2v) is 11.6. The monoisotopic (exact) mass is 600 g/mol. The number of hydrogen-bond acceptors (Lipinski definition) is 8. The maximum atomic E-state index is 13.7. The molecule has 0 spiro atoms. The molecule has 1 amide bonds. The number of halogens is 1. The minimum atomic E-state index is -3.87. The van der Waals surface area contributed by atoms with Gasteiger partial charge < -0.3 is 19.3 Å². The number of aliphatic hydroxyl groups excluding tert-OH is 1. The zero-order chi connectivity index (χ0) is 30.3. The van der Waals surface area contributed by atoms with E-state index >= 15 is 0 Å². The van der Waals surface area contributed by atoms with Crippen LogP contribution in [0, 0.1) is 5.82 Å². The summed E-state index contributed by atoms with van der Waals surface area (Å²) in [5, 5.41) is 12.8. The Labute approximate surface area is 245 Å². The molecule has 2 N–H and O–H groups in total. The normalized spacial score (nSPS) is 11.7. The van der Waals surface area contributed by atoms with E-state index < -0.39 is 28.4 Å². The summed E-state index contributed by atoms with van der Waals surface area (Å²) in [5.41, 5.74) is 3.71. The van der Waals surface area contributed by atoms with Crippen molar-refractivity contribution in [2.75, 3.05) is 30.8 Å². The Morgan fingerprint density at radius 1 is 0.977 bits per heavy atom. The average molecular weight is 601 g/mol. The lowest BCUT2D eigenvalue weighted by atomic mass is 9.97. The first-order chi connectivity index (χ1) is 20.7. The van der Waals surface area contributed by atoms with Gasteiger partial charge in [0.15, 0.2) is 11.2 Å². The van der Waals surface area contributed by atoms with Crippen molar-refractivity contribution >= 4 is 43.8 Å². The van der Waals surface area contributed by atoms with E-state index in [-0.39, 0.29) is 29.1 Å². The minimum absolute atomic E-state index is 0.193. The first-order valence-electron chi connectivity index (χ1n) is 13.2. The van der Waals surface area contributed by atoms with Gasteiger partial charge in [-0.2, -0.15) is 4.98 Å². The predicted octanol–water partition coefficient (Wildman–Crippen LogP) is 5.23. The molecule has 0 aliphatic rings. The number of nitrogens with one attached hydrogen (secondary N) is 1. The Kier molecular flexibility index (Phi) is 7.16. The number of amides is 1. The molecule has 218 valence electrons. The Balaban J connectivity index is 1.63. The van der Waals surface area contributed by atoms with E-state index in [1.165, 1.54) is 37.4 Å². The number of carbonyl (C=O) groups is 1. The van der Waals surface area contributed by atoms with Crippen molar-refractivity contribution in [3.05, 3.63) is 90.4 Å². The van der Waals surface area contributed by atoms with Crippen molar-refractivity contribution in [3.8, 4) is 33.9 Å². The molecule has 0 saturated carbocycles. The number of furan rings is 1. The molecule has 3 heterocycles. The topological polar surface area (TPSA) is 139 Å². The molecule has 12 heteroatoms. The molecule has 0 radical (unpaired) electrons. The first-order valence-corrected chi connectivity index (χ1v) is 15.0. The Morgan fingerprint density at radius 3 is 2.44 bits per heavy atom. The van der Waals surface area contributed by atoms with Gasteiger partial charge in [0.05, 0.1) is 30.7 Å². The fourth-order valence-electron chi connectivity index (χ4n) is 4.99. The standard InChI is InChI=1S/C31H25FN4O6S/c1-33-30(38)27-23-16-22(19-5-3-6-20(15-19)31-35-29-25(42-31)7-4-12-34-29)24(36(13-14-37)43(2,39)40)17-26(23)41-28(27)18-8-10-21(32)11-9-18/h3-12,15-17,37H,13-14H2,1-2H3,(H,33,38). The lowest BCUT2D eigenvalue weighted by Crippen LogP contribution is -2.33. The molecule has 6 aromatic rings. The van der Waals surface area contributed by atoms with E-state index in [2.05, 4.69) is 15.3 Å². The largest absolute Gasteiger partial charge is 0.455 e. The zero-order valence-corrected chi connectivity index (χ0v) is 23.9. The van der Waals surface area contributed by atoms with Gasteiger partial charge in [0, 0.05) is 41.4 Å². The van der Waals surface area contributed by atoms with Crippen molar-refractivity contribution in [2.45, 2.75) is 0 Å². The molecule has 0 atom stereocenters. The number of carbonyl (C=O) groups excluding carboxylic acids is 1. The third-order valence-corrected chi connectivity index (χ3v) is 8.10. The van der Waals surface area contributed by atoms with Gasteiger partial charge in [0.2, 0.25) is 15.9 Å². The van der Waals surface area contributed by atoms with Crippen LogP contribution in [-0.2, 0) is 10.0 Å². The molecular formula is C31H25FN4O6S. The summed E-state index contributed by atoms with van der Waals surface area (Å²) >= 11 is 0. The quantitative estimate of drug-likeness (QED) is 0.242. The van der Waals surface area contributed by atoms with Gasteiger partial charge in [-0.05, 0) is 60.2 Å². The highest BCUT2D eigenvalue weighted by Gasteiger charge is 2.27. The number of nitrogens with zero attached hydrogens (tertiary/aromatic N) is 3. The van der Waals surface area contributed by atoms with Crippen LogP contribution in [0.25, 0.3) is 56.1 Å². The second kappa shape index (κ2) is 11.0. The number of anilines is 1. The SMILES string of the molecule is CNC(=O)c1c(-c2ccc(F)cc2)oc2cc(N(CCO)S(C)(=O)=O)c(-c3cccc(-c4nc5ncccc5o4)c3)cc12. The lowest BCUT2D eigenvalue weighted by Gasteiger charge is -2.24. The predicted molar refractivity (Wildman–Crippen MR) is 161 cm³/mol. The number of hydrogen-bond donors (Lipinski definition) is 2. The maximum absolute atomic E-state index is 13.7. The third kappa shape index (κ3) is 5.22. The molecule has 6 rings (SSSR count). The lowest BCUT2D eigenvalue weighted by molar-refractivity contribution is 0.0964. The number of aliphatic hydroxyl groups is 1. The van der Waals surface area contributed by atoms with Crippen LogP contribution in [0.1, 0.15) is 10.4 Å². The van der Waals surface area contributed by atoms with Crippen molar-refractivity contribution in [2.24, 2.45) is 0 Å². The summed E-state index contributed by atoms with van der Waals surface area (Å²) < 4.78 is 52.8. The number of sulfonamides is 1. The van der Waals surface area contributed by atoms with E-state index in [9.17, 15) is 22.7 Å². The van der Waals surface area contributed by atoms with E-state index in [0.717, 1.165) is 10.6 Å². The van der Waals surface area contributed by atoms with Crippen LogP contribution in [-0.4, -0.2) is 55.9 Å². The summed E-state index contributed by atoms with van der Waals surface area (Å²) in [7, 11) is -2.39. The van der Waals surface area contributed by atoms with E-state index in [1.807, 2.05) is 0 Å². The smallest absolute Gasteiger partial charge is 0.255 e. The number of pyridine rings is 1. The highest BCUT2D eigenvalue weighted by atomic mass is 32.2. The van der Waals surface area contributed by atoms with Gasteiger partial charge in [-0.3, -0.25) is 9.10 Å². The van der Waals surface area contributed by atoms with E-state index in [0.29, 0.717) is 44.8 Å². The summed E-state index contributed by atoms with van der Waals surface area (Å²) in [5.74, 6) is -0.382. The van der Waals surface area contributed by atoms with Crippen molar-refractivity contribution in [1.82, 2.24) is 15.3 Å². The molecule has 10 nitrogen and oxygen atoms in total. The Hall–Kier alpha value is -5.07. The van der Waals surface area contributed by atoms with Crippen LogP contribution < -0.4 is 9.62 Å². The summed E-state index contributed by atoms with van der Waals surface area (Å²) in [6.07, 6.45) is 2.66. The summed E-state index contributed by atoms with van der Waals surface area (Å²) in [6, 6.07) is 19.3. The molecule has 0 bridgehead atoms. The van der Waals surface area contributed by atoms with Gasteiger partial charge in [0.1, 0.15) is 17.2 Å². The van der Waals surface area contributed by atoms with Gasteiger partial charge in [-0.15, -0.1) is 0 Å². The molecule has 3 aromatic carbocycles. The van der Waals surface area contributed by atoms with Crippen molar-refractivity contribution < 1.29 is 31.5 Å². The van der Waals surface area contributed by atoms with Crippen LogP contribution in [0.3, 0.4) is 0 Å². The molecule has 0 aliphatic carbocycles. The molecule has 0 saturated heterocycles.